The maximum absolute atomic E-state index is 5.52. The molecule has 0 heterocycles. The molecule has 5 nitrogen and oxygen atoms in total. The van der Waals surface area contributed by atoms with E-state index < -0.39 is 0 Å². The summed E-state index contributed by atoms with van der Waals surface area (Å²) in [6.07, 6.45) is 1.13. The van der Waals surface area contributed by atoms with E-state index in [2.05, 4.69) is 52.9 Å². The molecular formula is C22H29N3O2. The molecule has 1 aliphatic carbocycles. The Balaban J connectivity index is 1.68. The highest BCUT2D eigenvalue weighted by molar-refractivity contribution is 5.81. The molecule has 2 aromatic carbocycles. The summed E-state index contributed by atoms with van der Waals surface area (Å²) in [5.41, 5.74) is 2.42. The van der Waals surface area contributed by atoms with E-state index in [4.69, 9.17) is 9.47 Å². The Morgan fingerprint density at radius 1 is 1.15 bits per heavy atom. The Morgan fingerprint density at radius 2 is 1.93 bits per heavy atom. The van der Waals surface area contributed by atoms with Gasteiger partial charge in [0.1, 0.15) is 11.5 Å². The molecule has 0 bridgehead atoms. The molecule has 1 aliphatic rings. The van der Waals surface area contributed by atoms with E-state index >= 15 is 0 Å². The zero-order valence-electron chi connectivity index (χ0n) is 16.5. The van der Waals surface area contributed by atoms with Gasteiger partial charge in [0, 0.05) is 24.1 Å². The van der Waals surface area contributed by atoms with Crippen molar-refractivity contribution in [2.75, 3.05) is 20.8 Å². The van der Waals surface area contributed by atoms with Crippen LogP contribution in [0.4, 0.5) is 0 Å². The number of guanidine groups is 1. The molecule has 27 heavy (non-hydrogen) atoms. The first-order valence-corrected chi connectivity index (χ1v) is 9.50. The maximum atomic E-state index is 5.52. The minimum atomic E-state index is 0.0294. The van der Waals surface area contributed by atoms with Crippen LogP contribution in [0.3, 0.4) is 0 Å². The summed E-state index contributed by atoms with van der Waals surface area (Å²) in [6.45, 7) is 4.87. The van der Waals surface area contributed by atoms with Crippen LogP contribution in [0.2, 0.25) is 0 Å². The molecule has 0 saturated heterocycles. The predicted octanol–water partition coefficient (Wildman–Crippen LogP) is 3.88. The fourth-order valence-corrected chi connectivity index (χ4v) is 3.35. The van der Waals surface area contributed by atoms with Crippen LogP contribution in [0.1, 0.15) is 43.4 Å². The lowest BCUT2D eigenvalue weighted by molar-refractivity contribution is 0.394. The van der Waals surface area contributed by atoms with Crippen LogP contribution >= 0.6 is 0 Å². The van der Waals surface area contributed by atoms with Gasteiger partial charge in [-0.3, -0.25) is 4.99 Å². The molecule has 3 atom stereocenters. The average Bonchev–Trinajstić information content (AvgIpc) is 3.47. The van der Waals surface area contributed by atoms with Crippen LogP contribution in [-0.4, -0.2) is 32.8 Å². The van der Waals surface area contributed by atoms with Crippen molar-refractivity contribution in [2.24, 2.45) is 4.99 Å². The van der Waals surface area contributed by atoms with Gasteiger partial charge in [0.2, 0.25) is 0 Å². The third kappa shape index (κ3) is 4.73. The van der Waals surface area contributed by atoms with Crippen molar-refractivity contribution < 1.29 is 9.47 Å². The topological polar surface area (TPSA) is 54.9 Å². The first-order chi connectivity index (χ1) is 13.2. The number of aliphatic imine (C=N–C) groups is 1. The van der Waals surface area contributed by atoms with E-state index in [0.717, 1.165) is 36.0 Å². The molecule has 5 heteroatoms. The first-order valence-electron chi connectivity index (χ1n) is 9.50. The second-order valence-electron chi connectivity index (χ2n) is 6.80. The van der Waals surface area contributed by atoms with Gasteiger partial charge in [0.25, 0.3) is 0 Å². The summed E-state index contributed by atoms with van der Waals surface area (Å²) >= 11 is 0. The number of methoxy groups -OCH3 is 2. The Morgan fingerprint density at radius 3 is 2.59 bits per heavy atom. The summed E-state index contributed by atoms with van der Waals surface area (Å²) in [6, 6.07) is 16.9. The molecule has 0 aromatic heterocycles. The number of benzene rings is 2. The molecule has 0 radical (unpaired) electrons. The fraction of sp³-hybridized carbons (Fsp3) is 0.409. The summed E-state index contributed by atoms with van der Waals surface area (Å²) in [5, 5.41) is 7.08. The van der Waals surface area contributed by atoms with E-state index in [0.29, 0.717) is 12.0 Å². The van der Waals surface area contributed by atoms with E-state index in [1.165, 1.54) is 5.56 Å². The maximum Gasteiger partial charge on any atom is 0.191 e. The summed E-state index contributed by atoms with van der Waals surface area (Å²) in [4.78, 5) is 4.62. The predicted molar refractivity (Wildman–Crippen MR) is 110 cm³/mol. The minimum Gasteiger partial charge on any atom is -0.497 e. The van der Waals surface area contributed by atoms with Gasteiger partial charge in [0.15, 0.2) is 5.96 Å². The summed E-state index contributed by atoms with van der Waals surface area (Å²) < 4.78 is 10.9. The Labute approximate surface area is 161 Å². The van der Waals surface area contributed by atoms with Gasteiger partial charge in [-0.05, 0) is 44.0 Å². The van der Waals surface area contributed by atoms with Crippen LogP contribution in [0.5, 0.6) is 11.5 Å². The van der Waals surface area contributed by atoms with Crippen molar-refractivity contribution >= 4 is 5.96 Å². The molecule has 1 fully saturated rings. The van der Waals surface area contributed by atoms with E-state index in [1.54, 1.807) is 14.2 Å². The number of ether oxygens (including phenoxy) is 2. The number of nitrogens with one attached hydrogen (secondary N) is 2. The zero-order valence-corrected chi connectivity index (χ0v) is 16.5. The number of nitrogens with zero attached hydrogens (tertiary/aromatic N) is 1. The van der Waals surface area contributed by atoms with Crippen molar-refractivity contribution in [2.45, 2.75) is 38.3 Å². The number of rotatable bonds is 7. The number of hydrogen-bond acceptors (Lipinski definition) is 3. The second kappa shape index (κ2) is 8.80. The molecular weight excluding hydrogens is 338 g/mol. The van der Waals surface area contributed by atoms with Crippen molar-refractivity contribution in [3.8, 4) is 11.5 Å². The van der Waals surface area contributed by atoms with E-state index in [-0.39, 0.29) is 6.04 Å². The molecule has 0 spiro atoms. The molecule has 1 saturated carbocycles. The highest BCUT2D eigenvalue weighted by atomic mass is 16.5. The quantitative estimate of drug-likeness (QED) is 0.576. The standard InChI is InChI=1S/C22H29N3O2/c1-5-23-22(25-20-14-19(20)16-9-7-6-8-10-16)24-15(2)18-13-17(26-3)11-12-21(18)27-4/h6-13,15,19-20H,5,14H2,1-4H3,(H2,23,24,25). The monoisotopic (exact) mass is 367 g/mol. The average molecular weight is 367 g/mol. The lowest BCUT2D eigenvalue weighted by Gasteiger charge is -2.21. The molecule has 2 aromatic rings. The van der Waals surface area contributed by atoms with Gasteiger partial charge in [-0.25, -0.2) is 0 Å². The Hall–Kier alpha value is -2.69. The normalized spacial score (nSPS) is 19.9. The SMILES string of the molecule is CCN=C(NC(C)c1cc(OC)ccc1OC)NC1CC1c1ccccc1. The molecule has 3 unspecified atom stereocenters. The van der Waals surface area contributed by atoms with Gasteiger partial charge >= 0.3 is 0 Å². The van der Waals surface area contributed by atoms with Gasteiger partial charge in [-0.15, -0.1) is 0 Å². The zero-order chi connectivity index (χ0) is 19.2. The van der Waals surface area contributed by atoms with Crippen LogP contribution in [0.25, 0.3) is 0 Å². The largest absolute Gasteiger partial charge is 0.497 e. The minimum absolute atomic E-state index is 0.0294. The lowest BCUT2D eigenvalue weighted by atomic mass is 10.1. The van der Waals surface area contributed by atoms with E-state index in [9.17, 15) is 0 Å². The van der Waals surface area contributed by atoms with Crippen molar-refractivity contribution in [3.63, 3.8) is 0 Å². The van der Waals surface area contributed by atoms with Gasteiger partial charge < -0.3 is 20.1 Å². The van der Waals surface area contributed by atoms with Crippen LogP contribution in [0, 0.1) is 0 Å². The fourth-order valence-electron chi connectivity index (χ4n) is 3.35. The third-order valence-corrected chi connectivity index (χ3v) is 4.91. The van der Waals surface area contributed by atoms with Gasteiger partial charge in [-0.2, -0.15) is 0 Å². The van der Waals surface area contributed by atoms with E-state index in [1.807, 2.05) is 25.1 Å². The van der Waals surface area contributed by atoms with Crippen LogP contribution in [0.15, 0.2) is 53.5 Å². The van der Waals surface area contributed by atoms with Crippen molar-refractivity contribution in [1.82, 2.24) is 10.6 Å². The number of hydrogen-bond donors (Lipinski definition) is 2. The molecule has 0 aliphatic heterocycles. The van der Waals surface area contributed by atoms with Crippen LogP contribution < -0.4 is 20.1 Å². The highest BCUT2D eigenvalue weighted by Crippen LogP contribution is 2.40. The van der Waals surface area contributed by atoms with Gasteiger partial charge in [-0.1, -0.05) is 30.3 Å². The molecule has 0 amide bonds. The van der Waals surface area contributed by atoms with Gasteiger partial charge in [0.05, 0.1) is 20.3 Å². The smallest absolute Gasteiger partial charge is 0.191 e. The first kappa shape index (κ1) is 19.1. The second-order valence-corrected chi connectivity index (χ2v) is 6.80. The summed E-state index contributed by atoms with van der Waals surface area (Å²) in [5.74, 6) is 3.03. The molecule has 144 valence electrons. The van der Waals surface area contributed by atoms with Crippen molar-refractivity contribution in [1.29, 1.82) is 0 Å². The Bertz CT molecular complexity index is 776. The lowest BCUT2D eigenvalue weighted by Crippen LogP contribution is -2.40. The van der Waals surface area contributed by atoms with Crippen LogP contribution in [-0.2, 0) is 0 Å². The molecule has 2 N–H and O–H groups in total. The Kier molecular flexibility index (Phi) is 6.22. The highest BCUT2D eigenvalue weighted by Gasteiger charge is 2.39. The third-order valence-electron chi connectivity index (χ3n) is 4.91. The molecule has 3 rings (SSSR count). The van der Waals surface area contributed by atoms with Crippen molar-refractivity contribution in [3.05, 3.63) is 59.7 Å². The summed E-state index contributed by atoms with van der Waals surface area (Å²) in [7, 11) is 3.36.